The van der Waals surface area contributed by atoms with Crippen LogP contribution in [0.4, 0.5) is 5.69 Å². The summed E-state index contributed by atoms with van der Waals surface area (Å²) < 4.78 is 5.74. The molecule has 0 saturated carbocycles. The molecule has 0 radical (unpaired) electrons. The quantitative estimate of drug-likeness (QED) is 0.673. The Morgan fingerprint density at radius 3 is 2.19 bits per heavy atom. The Morgan fingerprint density at radius 2 is 1.66 bits per heavy atom. The molecule has 2 N–H and O–H groups in total. The first kappa shape index (κ1) is 24.0. The van der Waals surface area contributed by atoms with Crippen molar-refractivity contribution in [2.45, 2.75) is 65.0 Å². The molecule has 1 aromatic heterocycles. The lowest BCUT2D eigenvalue weighted by molar-refractivity contribution is -0.135. The minimum absolute atomic E-state index is 0.0517. The summed E-state index contributed by atoms with van der Waals surface area (Å²) in [6, 6.07) is 11.0. The van der Waals surface area contributed by atoms with Crippen LogP contribution >= 0.6 is 0 Å². The average Bonchev–Trinajstić information content (AvgIpc) is 2.78. The normalized spacial score (nSPS) is 15.3. The molecule has 1 saturated heterocycles. The second kappa shape index (κ2) is 10.8. The molecule has 1 amide bonds. The third kappa shape index (κ3) is 5.97. The van der Waals surface area contributed by atoms with Crippen molar-refractivity contribution in [3.05, 3.63) is 47.3 Å². The van der Waals surface area contributed by atoms with Gasteiger partial charge in [0.15, 0.2) is 6.61 Å². The number of benzene rings is 1. The highest BCUT2D eigenvalue weighted by molar-refractivity contribution is 5.77. The number of likely N-dealkylation sites (tertiary alicyclic amines) is 1. The molecule has 3 rings (SSSR count). The number of amides is 1. The summed E-state index contributed by atoms with van der Waals surface area (Å²) >= 11 is 0. The lowest BCUT2D eigenvalue weighted by Gasteiger charge is -2.36. The number of anilines is 1. The summed E-state index contributed by atoms with van der Waals surface area (Å²) in [4.78, 5) is 26.0. The van der Waals surface area contributed by atoms with Crippen LogP contribution in [0.1, 0.15) is 69.3 Å². The van der Waals surface area contributed by atoms with E-state index in [1.165, 1.54) is 5.56 Å². The maximum atomic E-state index is 12.8. The molecule has 0 spiro atoms. The first-order chi connectivity index (χ1) is 15.3. The van der Waals surface area contributed by atoms with Gasteiger partial charge in [-0.1, -0.05) is 58.0 Å². The molecular weight excluding hydrogens is 402 g/mol. The number of aromatic nitrogens is 2. The van der Waals surface area contributed by atoms with Crippen molar-refractivity contribution in [3.8, 4) is 6.01 Å². The SMILES string of the molecule is CC(C)c1nc(OCC(=O)N(C)C2CCN(Cc3ccccc3)CC2)nc(C(C)C)c1N. The van der Waals surface area contributed by atoms with Gasteiger partial charge in [0, 0.05) is 32.7 Å². The van der Waals surface area contributed by atoms with Crippen molar-refractivity contribution >= 4 is 11.6 Å². The molecule has 1 aliphatic rings. The van der Waals surface area contributed by atoms with Crippen LogP contribution in [-0.4, -0.2) is 58.5 Å². The molecule has 32 heavy (non-hydrogen) atoms. The highest BCUT2D eigenvalue weighted by atomic mass is 16.5. The zero-order chi connectivity index (χ0) is 23.3. The van der Waals surface area contributed by atoms with Gasteiger partial charge in [0.05, 0.1) is 17.1 Å². The van der Waals surface area contributed by atoms with Crippen LogP contribution in [0.3, 0.4) is 0 Å². The molecule has 7 heteroatoms. The van der Waals surface area contributed by atoms with Crippen molar-refractivity contribution in [2.75, 3.05) is 32.5 Å². The molecule has 0 aliphatic carbocycles. The number of piperidine rings is 1. The van der Waals surface area contributed by atoms with Crippen LogP contribution in [0.5, 0.6) is 6.01 Å². The number of carbonyl (C=O) groups is 1. The fraction of sp³-hybridized carbons (Fsp3) is 0.560. The molecule has 174 valence electrons. The summed E-state index contributed by atoms with van der Waals surface area (Å²) in [5.74, 6) is 0.249. The van der Waals surface area contributed by atoms with E-state index in [2.05, 4.69) is 39.1 Å². The number of nitrogens with zero attached hydrogens (tertiary/aromatic N) is 4. The fourth-order valence-corrected chi connectivity index (χ4v) is 4.17. The Labute approximate surface area is 192 Å². The van der Waals surface area contributed by atoms with Gasteiger partial charge in [0.2, 0.25) is 0 Å². The van der Waals surface area contributed by atoms with Gasteiger partial charge in [-0.3, -0.25) is 9.69 Å². The predicted octanol–water partition coefficient (Wildman–Crippen LogP) is 3.81. The number of rotatable bonds is 8. The summed E-state index contributed by atoms with van der Waals surface area (Å²) in [6.45, 7) is 11.0. The number of likely N-dealkylation sites (N-methyl/N-ethyl adjacent to an activating group) is 1. The van der Waals surface area contributed by atoms with E-state index in [-0.39, 0.29) is 36.4 Å². The van der Waals surface area contributed by atoms with E-state index < -0.39 is 0 Å². The van der Waals surface area contributed by atoms with Gasteiger partial charge in [0.25, 0.3) is 5.91 Å². The topological polar surface area (TPSA) is 84.6 Å². The maximum absolute atomic E-state index is 12.8. The number of ether oxygens (including phenoxy) is 1. The van der Waals surface area contributed by atoms with Gasteiger partial charge in [-0.15, -0.1) is 0 Å². The zero-order valence-electron chi connectivity index (χ0n) is 20.0. The number of nitrogens with two attached hydrogens (primary N) is 1. The van der Waals surface area contributed by atoms with Crippen molar-refractivity contribution in [2.24, 2.45) is 0 Å². The van der Waals surface area contributed by atoms with Gasteiger partial charge < -0.3 is 15.4 Å². The van der Waals surface area contributed by atoms with Crippen LogP contribution in [0.15, 0.2) is 30.3 Å². The molecule has 7 nitrogen and oxygen atoms in total. The molecule has 1 aliphatic heterocycles. The van der Waals surface area contributed by atoms with E-state index >= 15 is 0 Å². The van der Waals surface area contributed by atoms with Crippen LogP contribution in [0.2, 0.25) is 0 Å². The Kier molecular flexibility index (Phi) is 8.07. The summed E-state index contributed by atoms with van der Waals surface area (Å²) in [7, 11) is 1.87. The summed E-state index contributed by atoms with van der Waals surface area (Å²) in [6.07, 6.45) is 1.92. The molecule has 1 fully saturated rings. The number of carbonyl (C=O) groups excluding carboxylic acids is 1. The van der Waals surface area contributed by atoms with Crippen molar-refractivity contribution in [1.82, 2.24) is 19.8 Å². The highest BCUT2D eigenvalue weighted by Gasteiger charge is 2.26. The van der Waals surface area contributed by atoms with E-state index in [1.54, 1.807) is 0 Å². The average molecular weight is 440 g/mol. The standard InChI is InChI=1S/C25H37N5O2/c1-17(2)23-22(26)24(18(3)4)28-25(27-23)32-16-21(31)29(5)20-11-13-30(14-12-20)15-19-9-7-6-8-10-19/h6-10,17-18,20H,11-16,26H2,1-5H3. The van der Waals surface area contributed by atoms with Gasteiger partial charge in [-0.2, -0.15) is 9.97 Å². The van der Waals surface area contributed by atoms with Crippen molar-refractivity contribution < 1.29 is 9.53 Å². The first-order valence-corrected chi connectivity index (χ1v) is 11.6. The number of hydrogen-bond donors (Lipinski definition) is 1. The largest absolute Gasteiger partial charge is 0.453 e. The predicted molar refractivity (Wildman–Crippen MR) is 128 cm³/mol. The second-order valence-electron chi connectivity index (χ2n) is 9.29. The summed E-state index contributed by atoms with van der Waals surface area (Å²) in [5, 5.41) is 0. The smallest absolute Gasteiger partial charge is 0.317 e. The molecule has 2 aromatic rings. The molecular formula is C25H37N5O2. The second-order valence-corrected chi connectivity index (χ2v) is 9.29. The Bertz CT molecular complexity index is 863. The lowest BCUT2D eigenvalue weighted by atomic mass is 10.0. The zero-order valence-corrected chi connectivity index (χ0v) is 20.0. The minimum atomic E-state index is -0.0697. The van der Waals surface area contributed by atoms with Crippen LogP contribution in [0.25, 0.3) is 0 Å². The van der Waals surface area contributed by atoms with Gasteiger partial charge >= 0.3 is 6.01 Å². The Morgan fingerprint density at radius 1 is 1.09 bits per heavy atom. The van der Waals surface area contributed by atoms with Gasteiger partial charge in [0.1, 0.15) is 0 Å². The molecule has 0 atom stereocenters. The lowest BCUT2D eigenvalue weighted by Crippen LogP contribution is -2.46. The van der Waals surface area contributed by atoms with Crippen molar-refractivity contribution in [3.63, 3.8) is 0 Å². The van der Waals surface area contributed by atoms with Gasteiger partial charge in [-0.05, 0) is 30.2 Å². The Hall–Kier alpha value is -2.67. The number of nitrogen functional groups attached to an aromatic ring is 1. The van der Waals surface area contributed by atoms with Crippen LogP contribution in [-0.2, 0) is 11.3 Å². The monoisotopic (exact) mass is 439 g/mol. The third-order valence-corrected chi connectivity index (χ3v) is 6.15. The van der Waals surface area contributed by atoms with E-state index in [4.69, 9.17) is 10.5 Å². The highest BCUT2D eigenvalue weighted by Crippen LogP contribution is 2.29. The van der Waals surface area contributed by atoms with E-state index in [9.17, 15) is 4.79 Å². The van der Waals surface area contributed by atoms with Crippen LogP contribution in [0, 0.1) is 0 Å². The fourth-order valence-electron chi connectivity index (χ4n) is 4.17. The first-order valence-electron chi connectivity index (χ1n) is 11.6. The van der Waals surface area contributed by atoms with E-state index in [1.807, 2.05) is 45.7 Å². The minimum Gasteiger partial charge on any atom is -0.453 e. The van der Waals surface area contributed by atoms with Gasteiger partial charge in [-0.25, -0.2) is 0 Å². The van der Waals surface area contributed by atoms with E-state index in [0.717, 1.165) is 43.9 Å². The van der Waals surface area contributed by atoms with Crippen LogP contribution < -0.4 is 10.5 Å². The molecule has 0 unspecified atom stereocenters. The maximum Gasteiger partial charge on any atom is 0.317 e. The molecule has 1 aromatic carbocycles. The van der Waals surface area contributed by atoms with Crippen molar-refractivity contribution in [1.29, 1.82) is 0 Å². The molecule has 0 bridgehead atoms. The summed E-state index contributed by atoms with van der Waals surface area (Å²) in [5.41, 5.74) is 9.74. The van der Waals surface area contributed by atoms with E-state index in [0.29, 0.717) is 5.69 Å². The Balaban J connectivity index is 1.54. The number of hydrogen-bond acceptors (Lipinski definition) is 6. The molecule has 2 heterocycles. The third-order valence-electron chi connectivity index (χ3n) is 6.15.